The zero-order chi connectivity index (χ0) is 26.0. The molecule has 5 rings (SSSR count). The van der Waals surface area contributed by atoms with Gasteiger partial charge < -0.3 is 14.2 Å². The van der Waals surface area contributed by atoms with Crippen LogP contribution >= 0.6 is 0 Å². The summed E-state index contributed by atoms with van der Waals surface area (Å²) in [6.07, 6.45) is 2.26. The van der Waals surface area contributed by atoms with Crippen molar-refractivity contribution >= 4 is 0 Å². The highest BCUT2D eigenvalue weighted by atomic mass is 19.3. The molecule has 0 spiro atoms. The molecular formula is C30H36F4O3. The van der Waals surface area contributed by atoms with Gasteiger partial charge in [-0.1, -0.05) is 25.1 Å². The molecule has 0 N–H and O–H groups in total. The van der Waals surface area contributed by atoms with Crippen LogP contribution in [0, 0.1) is 35.3 Å². The summed E-state index contributed by atoms with van der Waals surface area (Å²) >= 11 is 0. The zero-order valence-electron chi connectivity index (χ0n) is 21.3. The Morgan fingerprint density at radius 2 is 1.46 bits per heavy atom. The molecule has 3 fully saturated rings. The van der Waals surface area contributed by atoms with Gasteiger partial charge in [-0.25, -0.2) is 8.78 Å². The standard InChI is InChI=1S/C30H36F4O3/c1-19-17-35-29(36-18-19)23-11-14-27(28(32)15-23)22-7-5-20(6-8-22)21-9-12-24(13-10-21)30(33,34)37-26-4-2-3-25(31)16-26/h2-4,11,14-16,19-22,24,29H,5-10,12-13,17-18H2,1H3. The van der Waals surface area contributed by atoms with Gasteiger partial charge in [-0.3, -0.25) is 0 Å². The zero-order valence-corrected chi connectivity index (χ0v) is 21.3. The highest BCUT2D eigenvalue weighted by Crippen LogP contribution is 2.47. The van der Waals surface area contributed by atoms with E-state index in [0.717, 1.165) is 55.7 Å². The fraction of sp³-hybridized carbons (Fsp3) is 0.600. The molecule has 1 saturated heterocycles. The summed E-state index contributed by atoms with van der Waals surface area (Å²) in [6.45, 7) is 3.27. The van der Waals surface area contributed by atoms with Crippen LogP contribution in [0.25, 0.3) is 0 Å². The lowest BCUT2D eigenvalue weighted by atomic mass is 9.68. The molecule has 0 radical (unpaired) electrons. The van der Waals surface area contributed by atoms with E-state index < -0.39 is 24.1 Å². The number of halogens is 4. The van der Waals surface area contributed by atoms with E-state index in [2.05, 4.69) is 6.92 Å². The van der Waals surface area contributed by atoms with Crippen molar-refractivity contribution in [3.05, 3.63) is 65.2 Å². The summed E-state index contributed by atoms with van der Waals surface area (Å²) in [4.78, 5) is 0. The smallest absolute Gasteiger partial charge is 0.400 e. The van der Waals surface area contributed by atoms with Gasteiger partial charge in [-0.15, -0.1) is 0 Å². The number of alkyl halides is 2. The van der Waals surface area contributed by atoms with Gasteiger partial charge in [0, 0.05) is 17.5 Å². The summed E-state index contributed by atoms with van der Waals surface area (Å²) in [6, 6.07) is 10.3. The third-order valence-electron chi connectivity index (χ3n) is 8.54. The van der Waals surface area contributed by atoms with Gasteiger partial charge in [-0.2, -0.15) is 8.78 Å². The van der Waals surface area contributed by atoms with Crippen LogP contribution in [0.2, 0.25) is 0 Å². The van der Waals surface area contributed by atoms with Crippen molar-refractivity contribution < 1.29 is 31.8 Å². The molecular weight excluding hydrogens is 484 g/mol. The van der Waals surface area contributed by atoms with Gasteiger partial charge in [0.25, 0.3) is 0 Å². The van der Waals surface area contributed by atoms with Crippen molar-refractivity contribution in [3.63, 3.8) is 0 Å². The molecule has 3 nitrogen and oxygen atoms in total. The molecule has 2 aromatic rings. The van der Waals surface area contributed by atoms with E-state index >= 15 is 4.39 Å². The molecule has 1 heterocycles. The van der Waals surface area contributed by atoms with Gasteiger partial charge in [-0.05, 0) is 92.9 Å². The molecule has 3 aliphatic rings. The fourth-order valence-corrected chi connectivity index (χ4v) is 6.41. The van der Waals surface area contributed by atoms with E-state index in [4.69, 9.17) is 14.2 Å². The Balaban J connectivity index is 1.11. The normalized spacial score (nSPS) is 31.2. The molecule has 7 heteroatoms. The second-order valence-electron chi connectivity index (χ2n) is 11.2. The van der Waals surface area contributed by atoms with Crippen LogP contribution in [0.5, 0.6) is 5.75 Å². The number of hydrogen-bond donors (Lipinski definition) is 0. The highest BCUT2D eigenvalue weighted by molar-refractivity contribution is 5.28. The minimum absolute atomic E-state index is 0.140. The van der Waals surface area contributed by atoms with Crippen LogP contribution in [0.15, 0.2) is 42.5 Å². The first-order valence-electron chi connectivity index (χ1n) is 13.6. The van der Waals surface area contributed by atoms with Crippen LogP contribution in [-0.2, 0) is 9.47 Å². The lowest BCUT2D eigenvalue weighted by molar-refractivity contribution is -0.224. The predicted octanol–water partition coefficient (Wildman–Crippen LogP) is 8.40. The maximum absolute atomic E-state index is 15.0. The lowest BCUT2D eigenvalue weighted by Crippen LogP contribution is -2.38. The van der Waals surface area contributed by atoms with Crippen molar-refractivity contribution in [1.29, 1.82) is 0 Å². The molecule has 2 aromatic carbocycles. The summed E-state index contributed by atoms with van der Waals surface area (Å²) < 4.78 is 74.2. The molecule has 37 heavy (non-hydrogen) atoms. The number of ether oxygens (including phenoxy) is 3. The van der Waals surface area contributed by atoms with Crippen molar-refractivity contribution in [2.75, 3.05) is 13.2 Å². The summed E-state index contributed by atoms with van der Waals surface area (Å²) in [5.74, 6) is -0.371. The Hall–Kier alpha value is -2.12. The fourth-order valence-electron chi connectivity index (χ4n) is 6.41. The molecule has 202 valence electrons. The van der Waals surface area contributed by atoms with Gasteiger partial charge in [0.15, 0.2) is 6.29 Å². The van der Waals surface area contributed by atoms with Crippen LogP contribution < -0.4 is 4.74 Å². The van der Waals surface area contributed by atoms with Gasteiger partial charge in [0.2, 0.25) is 0 Å². The van der Waals surface area contributed by atoms with Crippen molar-refractivity contribution in [1.82, 2.24) is 0 Å². The second-order valence-corrected chi connectivity index (χ2v) is 11.2. The predicted molar refractivity (Wildman–Crippen MR) is 132 cm³/mol. The van der Waals surface area contributed by atoms with E-state index in [-0.39, 0.29) is 17.5 Å². The maximum atomic E-state index is 15.0. The van der Waals surface area contributed by atoms with Crippen LogP contribution in [-0.4, -0.2) is 19.3 Å². The molecule has 2 aliphatic carbocycles. The molecule has 0 aromatic heterocycles. The third kappa shape index (κ3) is 6.31. The summed E-state index contributed by atoms with van der Waals surface area (Å²) in [5, 5.41) is 0. The average Bonchev–Trinajstić information content (AvgIpc) is 2.89. The largest absolute Gasteiger partial charge is 0.432 e. The SMILES string of the molecule is CC1COC(c2ccc(C3CCC(C4CCC(C(F)(F)Oc5cccc(F)c5)CC4)CC3)c(F)c2)OC1. The Morgan fingerprint density at radius 3 is 2.08 bits per heavy atom. The van der Waals surface area contributed by atoms with Gasteiger partial charge in [0.1, 0.15) is 17.4 Å². The summed E-state index contributed by atoms with van der Waals surface area (Å²) in [7, 11) is 0. The Bertz CT molecular complexity index is 1040. The highest BCUT2D eigenvalue weighted by Gasteiger charge is 2.45. The minimum Gasteiger partial charge on any atom is -0.432 e. The van der Waals surface area contributed by atoms with Gasteiger partial charge in [0.05, 0.1) is 19.1 Å². The number of benzene rings is 2. The van der Waals surface area contributed by atoms with E-state index in [0.29, 0.717) is 43.8 Å². The average molecular weight is 521 g/mol. The van der Waals surface area contributed by atoms with Gasteiger partial charge >= 0.3 is 6.11 Å². The lowest BCUT2D eigenvalue weighted by Gasteiger charge is -2.39. The molecule has 0 amide bonds. The van der Waals surface area contributed by atoms with Crippen molar-refractivity contribution in [2.24, 2.45) is 23.7 Å². The van der Waals surface area contributed by atoms with E-state index in [9.17, 15) is 13.2 Å². The topological polar surface area (TPSA) is 27.7 Å². The first-order valence-corrected chi connectivity index (χ1v) is 13.6. The quantitative estimate of drug-likeness (QED) is 0.358. The number of hydrogen-bond acceptors (Lipinski definition) is 3. The maximum Gasteiger partial charge on any atom is 0.400 e. The third-order valence-corrected chi connectivity index (χ3v) is 8.54. The Kier molecular flexibility index (Phi) is 8.10. The first kappa shape index (κ1) is 26.5. The van der Waals surface area contributed by atoms with Crippen molar-refractivity contribution in [3.8, 4) is 5.75 Å². The van der Waals surface area contributed by atoms with Crippen LogP contribution in [0.4, 0.5) is 17.6 Å². The summed E-state index contributed by atoms with van der Waals surface area (Å²) in [5.41, 5.74) is 1.47. The second kappa shape index (κ2) is 11.3. The van der Waals surface area contributed by atoms with Crippen molar-refractivity contribution in [2.45, 2.75) is 76.6 Å². The minimum atomic E-state index is -3.31. The van der Waals surface area contributed by atoms with E-state index in [1.807, 2.05) is 12.1 Å². The number of rotatable bonds is 6. The Labute approximate surface area is 216 Å². The Morgan fingerprint density at radius 1 is 0.811 bits per heavy atom. The van der Waals surface area contributed by atoms with E-state index in [1.165, 1.54) is 18.2 Å². The molecule has 1 aliphatic heterocycles. The first-order chi connectivity index (χ1) is 17.8. The van der Waals surface area contributed by atoms with E-state index in [1.54, 1.807) is 6.07 Å². The molecule has 0 unspecified atom stereocenters. The molecule has 2 saturated carbocycles. The molecule has 0 atom stereocenters. The van der Waals surface area contributed by atoms with Crippen LogP contribution in [0.1, 0.15) is 81.6 Å². The molecule has 0 bridgehead atoms. The monoisotopic (exact) mass is 520 g/mol. The van der Waals surface area contributed by atoms with Crippen LogP contribution in [0.3, 0.4) is 0 Å².